The van der Waals surface area contributed by atoms with Crippen molar-refractivity contribution in [2.24, 2.45) is 11.8 Å². The van der Waals surface area contributed by atoms with Crippen LogP contribution < -0.4 is 5.32 Å². The van der Waals surface area contributed by atoms with Gasteiger partial charge in [-0.1, -0.05) is 25.7 Å². The van der Waals surface area contributed by atoms with Crippen molar-refractivity contribution in [2.75, 3.05) is 26.7 Å². The van der Waals surface area contributed by atoms with Crippen LogP contribution in [0.2, 0.25) is 0 Å². The SMILES string of the molecule is CNCCC1CCN(C(=O)CCC2CCCC2)CC1.Cl. The van der Waals surface area contributed by atoms with Gasteiger partial charge in [-0.15, -0.1) is 12.4 Å². The number of nitrogens with zero attached hydrogens (tertiary/aromatic N) is 1. The van der Waals surface area contributed by atoms with E-state index in [0.717, 1.165) is 44.3 Å². The summed E-state index contributed by atoms with van der Waals surface area (Å²) in [6.07, 6.45) is 11.1. The number of amides is 1. The number of carbonyl (C=O) groups is 1. The van der Waals surface area contributed by atoms with Crippen LogP contribution in [-0.4, -0.2) is 37.5 Å². The average Bonchev–Trinajstić information content (AvgIpc) is 2.96. The number of hydrogen-bond donors (Lipinski definition) is 1. The molecule has 3 nitrogen and oxygen atoms in total. The van der Waals surface area contributed by atoms with E-state index in [4.69, 9.17) is 0 Å². The van der Waals surface area contributed by atoms with E-state index < -0.39 is 0 Å². The largest absolute Gasteiger partial charge is 0.343 e. The fourth-order valence-electron chi connectivity index (χ4n) is 3.60. The van der Waals surface area contributed by atoms with Gasteiger partial charge in [0.1, 0.15) is 0 Å². The minimum absolute atomic E-state index is 0. The third-order valence-electron chi connectivity index (χ3n) is 5.01. The van der Waals surface area contributed by atoms with Gasteiger partial charge >= 0.3 is 0 Å². The third kappa shape index (κ3) is 5.61. The van der Waals surface area contributed by atoms with Gasteiger partial charge in [-0.3, -0.25) is 4.79 Å². The van der Waals surface area contributed by atoms with Crippen LogP contribution in [-0.2, 0) is 4.79 Å². The molecule has 1 aliphatic carbocycles. The lowest BCUT2D eigenvalue weighted by atomic mass is 9.93. The fraction of sp³-hybridized carbons (Fsp3) is 0.938. The highest BCUT2D eigenvalue weighted by molar-refractivity contribution is 5.85. The summed E-state index contributed by atoms with van der Waals surface area (Å²) in [6.45, 7) is 3.11. The first kappa shape index (κ1) is 17.8. The maximum Gasteiger partial charge on any atom is 0.222 e. The molecule has 0 aromatic rings. The van der Waals surface area contributed by atoms with E-state index in [2.05, 4.69) is 10.2 Å². The van der Waals surface area contributed by atoms with Crippen molar-refractivity contribution in [3.05, 3.63) is 0 Å². The van der Waals surface area contributed by atoms with Gasteiger partial charge < -0.3 is 10.2 Å². The van der Waals surface area contributed by atoms with Crippen molar-refractivity contribution in [3.63, 3.8) is 0 Å². The molecule has 0 unspecified atom stereocenters. The monoisotopic (exact) mass is 302 g/mol. The molecule has 0 bridgehead atoms. The van der Waals surface area contributed by atoms with Gasteiger partial charge in [0.2, 0.25) is 5.91 Å². The minimum atomic E-state index is 0. The lowest BCUT2D eigenvalue weighted by Crippen LogP contribution is -2.39. The second-order valence-electron chi connectivity index (χ2n) is 6.41. The first-order chi connectivity index (χ1) is 9.29. The molecule has 1 amide bonds. The zero-order chi connectivity index (χ0) is 13.5. The van der Waals surface area contributed by atoms with Crippen LogP contribution in [0.5, 0.6) is 0 Å². The molecule has 2 rings (SSSR count). The smallest absolute Gasteiger partial charge is 0.222 e. The van der Waals surface area contributed by atoms with Crippen molar-refractivity contribution in [2.45, 2.75) is 57.8 Å². The fourth-order valence-corrected chi connectivity index (χ4v) is 3.60. The molecular weight excluding hydrogens is 272 g/mol. The van der Waals surface area contributed by atoms with E-state index in [9.17, 15) is 4.79 Å². The van der Waals surface area contributed by atoms with E-state index in [0.29, 0.717) is 5.91 Å². The van der Waals surface area contributed by atoms with Crippen LogP contribution >= 0.6 is 12.4 Å². The number of halogens is 1. The van der Waals surface area contributed by atoms with Gasteiger partial charge in [0.25, 0.3) is 0 Å². The molecule has 1 saturated heterocycles. The standard InChI is InChI=1S/C16H30N2O.ClH/c1-17-11-8-15-9-12-18(13-10-15)16(19)7-6-14-4-2-3-5-14;/h14-15,17H,2-13H2,1H3;1H. The number of piperidine rings is 1. The molecule has 1 saturated carbocycles. The van der Waals surface area contributed by atoms with Gasteiger partial charge in [-0.05, 0) is 51.1 Å². The average molecular weight is 303 g/mol. The molecule has 0 spiro atoms. The molecule has 1 N–H and O–H groups in total. The second-order valence-corrected chi connectivity index (χ2v) is 6.41. The summed E-state index contributed by atoms with van der Waals surface area (Å²) in [4.78, 5) is 14.3. The van der Waals surface area contributed by atoms with Crippen LogP contribution in [0, 0.1) is 11.8 Å². The van der Waals surface area contributed by atoms with E-state index in [1.807, 2.05) is 7.05 Å². The Hall–Kier alpha value is -0.280. The first-order valence-electron chi connectivity index (χ1n) is 8.22. The highest BCUT2D eigenvalue weighted by Crippen LogP contribution is 2.29. The van der Waals surface area contributed by atoms with Crippen LogP contribution in [0.3, 0.4) is 0 Å². The Labute approximate surface area is 130 Å². The van der Waals surface area contributed by atoms with E-state index in [1.165, 1.54) is 44.9 Å². The maximum atomic E-state index is 12.2. The Bertz CT molecular complexity index is 272. The zero-order valence-corrected chi connectivity index (χ0v) is 13.7. The van der Waals surface area contributed by atoms with Gasteiger partial charge in [-0.2, -0.15) is 0 Å². The summed E-state index contributed by atoms with van der Waals surface area (Å²) in [5, 5.41) is 3.22. The van der Waals surface area contributed by atoms with Crippen LogP contribution in [0.15, 0.2) is 0 Å². The van der Waals surface area contributed by atoms with E-state index in [-0.39, 0.29) is 12.4 Å². The van der Waals surface area contributed by atoms with E-state index in [1.54, 1.807) is 0 Å². The quantitative estimate of drug-likeness (QED) is 0.817. The van der Waals surface area contributed by atoms with Crippen molar-refractivity contribution in [1.29, 1.82) is 0 Å². The molecule has 1 aliphatic heterocycles. The predicted octanol–water partition coefficient (Wildman–Crippen LogP) is 3.23. The van der Waals surface area contributed by atoms with Gasteiger partial charge in [0, 0.05) is 19.5 Å². The molecular formula is C16H31ClN2O. The summed E-state index contributed by atoms with van der Waals surface area (Å²) in [6, 6.07) is 0. The molecule has 0 aromatic heterocycles. The van der Waals surface area contributed by atoms with Crippen LogP contribution in [0.25, 0.3) is 0 Å². The summed E-state index contributed by atoms with van der Waals surface area (Å²) < 4.78 is 0. The maximum absolute atomic E-state index is 12.2. The highest BCUT2D eigenvalue weighted by Gasteiger charge is 2.23. The Morgan fingerprint density at radius 1 is 1.05 bits per heavy atom. The third-order valence-corrected chi connectivity index (χ3v) is 5.01. The number of nitrogens with one attached hydrogen (secondary N) is 1. The summed E-state index contributed by atoms with van der Waals surface area (Å²) in [7, 11) is 2.02. The lowest BCUT2D eigenvalue weighted by molar-refractivity contribution is -0.132. The summed E-state index contributed by atoms with van der Waals surface area (Å²) in [5.41, 5.74) is 0. The highest BCUT2D eigenvalue weighted by atomic mass is 35.5. The molecule has 20 heavy (non-hydrogen) atoms. The van der Waals surface area contributed by atoms with Crippen molar-refractivity contribution in [3.8, 4) is 0 Å². The molecule has 1 heterocycles. The second kappa shape index (κ2) is 9.62. The molecule has 118 valence electrons. The van der Waals surface area contributed by atoms with Gasteiger partial charge in [0.05, 0.1) is 0 Å². The Morgan fingerprint density at radius 2 is 1.65 bits per heavy atom. The zero-order valence-electron chi connectivity index (χ0n) is 12.9. The van der Waals surface area contributed by atoms with Crippen molar-refractivity contribution < 1.29 is 4.79 Å². The number of rotatable bonds is 6. The molecule has 0 atom stereocenters. The normalized spacial score (nSPS) is 20.9. The van der Waals surface area contributed by atoms with Gasteiger partial charge in [-0.25, -0.2) is 0 Å². The number of hydrogen-bond acceptors (Lipinski definition) is 2. The summed E-state index contributed by atoms with van der Waals surface area (Å²) >= 11 is 0. The Morgan fingerprint density at radius 3 is 2.25 bits per heavy atom. The molecule has 4 heteroatoms. The van der Waals surface area contributed by atoms with Crippen LogP contribution in [0.4, 0.5) is 0 Å². The number of likely N-dealkylation sites (tertiary alicyclic amines) is 1. The van der Waals surface area contributed by atoms with Gasteiger partial charge in [0.15, 0.2) is 0 Å². The number of carbonyl (C=O) groups excluding carboxylic acids is 1. The molecule has 2 fully saturated rings. The molecule has 0 aromatic carbocycles. The summed E-state index contributed by atoms with van der Waals surface area (Å²) in [5.74, 6) is 2.09. The molecule has 2 aliphatic rings. The minimum Gasteiger partial charge on any atom is -0.343 e. The topological polar surface area (TPSA) is 32.3 Å². The Balaban J connectivity index is 0.00000200. The van der Waals surface area contributed by atoms with Crippen LogP contribution in [0.1, 0.15) is 57.8 Å². The lowest BCUT2D eigenvalue weighted by Gasteiger charge is -2.32. The predicted molar refractivity (Wildman–Crippen MR) is 86.3 cm³/mol. The Kier molecular flexibility index (Phi) is 8.55. The van der Waals surface area contributed by atoms with Crippen molar-refractivity contribution >= 4 is 18.3 Å². The first-order valence-corrected chi connectivity index (χ1v) is 8.22. The van der Waals surface area contributed by atoms with Crippen molar-refractivity contribution in [1.82, 2.24) is 10.2 Å². The molecule has 0 radical (unpaired) electrons. The van der Waals surface area contributed by atoms with E-state index >= 15 is 0 Å².